The molecule has 0 spiro atoms. The van der Waals surface area contributed by atoms with Crippen LogP contribution < -0.4 is 5.32 Å². The first-order valence-corrected chi connectivity index (χ1v) is 12.4. The highest BCUT2D eigenvalue weighted by Gasteiger charge is 2.50. The third-order valence-corrected chi connectivity index (χ3v) is 8.95. The lowest BCUT2D eigenvalue weighted by molar-refractivity contribution is -0.387. The highest BCUT2D eigenvalue weighted by Crippen LogP contribution is 2.58. The number of halogens is 3. The summed E-state index contributed by atoms with van der Waals surface area (Å²) in [5.41, 5.74) is 3.28. The van der Waals surface area contributed by atoms with Crippen molar-refractivity contribution in [2.75, 3.05) is 5.32 Å². The van der Waals surface area contributed by atoms with E-state index in [2.05, 4.69) is 27.3 Å². The number of benzene rings is 3. The van der Waals surface area contributed by atoms with Crippen molar-refractivity contribution in [2.24, 2.45) is 5.92 Å². The van der Waals surface area contributed by atoms with Gasteiger partial charge in [-0.2, -0.15) is 0 Å². The standard InChI is InChI=1S/C24H19BrClFN2O2S/c25-14-7-10-18-16(11-14)22-17(24(28-18)13-5-8-15(27)9-6-13)12-21(23(22)26)32-20-4-2-1-3-19(20)29(30)31/h1-11,17,21-24,28H,12H2/t17-,21-,22+,23-,24+/m1/s1. The monoisotopic (exact) mass is 532 g/mol. The molecule has 3 aromatic carbocycles. The fourth-order valence-electron chi connectivity index (χ4n) is 4.96. The van der Waals surface area contributed by atoms with E-state index in [4.69, 9.17) is 11.6 Å². The van der Waals surface area contributed by atoms with Gasteiger partial charge in [0.25, 0.3) is 5.69 Å². The highest BCUT2D eigenvalue weighted by molar-refractivity contribution is 9.10. The maximum absolute atomic E-state index is 13.6. The summed E-state index contributed by atoms with van der Waals surface area (Å²) in [6, 6.07) is 19.5. The van der Waals surface area contributed by atoms with Crippen molar-refractivity contribution in [2.45, 2.75) is 33.9 Å². The molecule has 1 N–H and O–H groups in total. The number of fused-ring (bicyclic) bond motifs is 3. The molecule has 3 aromatic rings. The summed E-state index contributed by atoms with van der Waals surface area (Å²) in [7, 11) is 0. The smallest absolute Gasteiger partial charge is 0.282 e. The minimum atomic E-state index is -0.344. The molecule has 32 heavy (non-hydrogen) atoms. The number of hydrogen-bond acceptors (Lipinski definition) is 4. The summed E-state index contributed by atoms with van der Waals surface area (Å²) in [5.74, 6) is -0.0253. The average Bonchev–Trinajstić information content (AvgIpc) is 3.10. The maximum Gasteiger partial charge on any atom is 0.282 e. The van der Waals surface area contributed by atoms with Crippen molar-refractivity contribution < 1.29 is 9.31 Å². The van der Waals surface area contributed by atoms with E-state index in [1.807, 2.05) is 30.3 Å². The van der Waals surface area contributed by atoms with Gasteiger partial charge >= 0.3 is 0 Å². The van der Waals surface area contributed by atoms with Gasteiger partial charge in [-0.3, -0.25) is 10.1 Å². The summed E-state index contributed by atoms with van der Waals surface area (Å²) in [6.07, 6.45) is 0.788. The molecule has 0 unspecified atom stereocenters. The molecule has 164 valence electrons. The zero-order chi connectivity index (χ0) is 22.4. The van der Waals surface area contributed by atoms with E-state index in [9.17, 15) is 14.5 Å². The van der Waals surface area contributed by atoms with Gasteiger partial charge < -0.3 is 5.32 Å². The number of rotatable bonds is 4. The molecular weight excluding hydrogens is 515 g/mol. The Morgan fingerprint density at radius 3 is 2.62 bits per heavy atom. The molecule has 2 aliphatic rings. The van der Waals surface area contributed by atoms with Crippen molar-refractivity contribution in [3.63, 3.8) is 0 Å². The van der Waals surface area contributed by atoms with Gasteiger partial charge in [0, 0.05) is 27.4 Å². The lowest BCUT2D eigenvalue weighted by Gasteiger charge is -2.38. The topological polar surface area (TPSA) is 55.2 Å². The molecule has 8 heteroatoms. The largest absolute Gasteiger partial charge is 0.378 e. The van der Waals surface area contributed by atoms with Crippen molar-refractivity contribution in [3.05, 3.63) is 98.3 Å². The van der Waals surface area contributed by atoms with E-state index in [0.29, 0.717) is 4.90 Å². The molecule has 0 radical (unpaired) electrons. The molecule has 1 fully saturated rings. The summed E-state index contributed by atoms with van der Waals surface area (Å²) in [5, 5.41) is 15.0. The number of nitrogens with zero attached hydrogens (tertiary/aromatic N) is 1. The maximum atomic E-state index is 13.6. The molecule has 0 saturated heterocycles. The van der Waals surface area contributed by atoms with Crippen LogP contribution in [-0.2, 0) is 0 Å². The van der Waals surface area contributed by atoms with Crippen molar-refractivity contribution in [3.8, 4) is 0 Å². The number of nitrogens with one attached hydrogen (secondary N) is 1. The molecule has 4 nitrogen and oxygen atoms in total. The zero-order valence-electron chi connectivity index (χ0n) is 16.8. The quantitative estimate of drug-likeness (QED) is 0.214. The number of hydrogen-bond donors (Lipinski definition) is 1. The van der Waals surface area contributed by atoms with Gasteiger partial charge in [-0.05, 0) is 59.9 Å². The predicted octanol–water partition coefficient (Wildman–Crippen LogP) is 7.54. The van der Waals surface area contributed by atoms with E-state index in [-0.39, 0.29) is 44.9 Å². The lowest BCUT2D eigenvalue weighted by atomic mass is 9.77. The third-order valence-electron chi connectivity index (χ3n) is 6.35. The Bertz CT molecular complexity index is 1180. The van der Waals surface area contributed by atoms with Gasteiger partial charge in [0.1, 0.15) is 5.82 Å². The van der Waals surface area contributed by atoms with E-state index in [0.717, 1.165) is 27.7 Å². The Morgan fingerprint density at radius 1 is 1.12 bits per heavy atom. The molecule has 1 heterocycles. The van der Waals surface area contributed by atoms with Crippen LogP contribution in [0.3, 0.4) is 0 Å². The van der Waals surface area contributed by atoms with Crippen LogP contribution in [0.2, 0.25) is 0 Å². The Balaban J connectivity index is 1.53. The van der Waals surface area contributed by atoms with Crippen molar-refractivity contribution in [1.29, 1.82) is 0 Å². The van der Waals surface area contributed by atoms with E-state index in [1.54, 1.807) is 12.1 Å². The molecule has 0 bridgehead atoms. The first kappa shape index (κ1) is 21.7. The average molecular weight is 534 g/mol. The molecular formula is C24H19BrClFN2O2S. The van der Waals surface area contributed by atoms with Crippen LogP contribution in [0.1, 0.15) is 29.5 Å². The number of nitro benzene ring substituents is 1. The van der Waals surface area contributed by atoms with Gasteiger partial charge in [0.05, 0.1) is 21.2 Å². The summed E-state index contributed by atoms with van der Waals surface area (Å²) in [4.78, 5) is 11.8. The Hall–Kier alpha value is -2.09. The fourth-order valence-corrected chi connectivity index (χ4v) is 7.28. The Kier molecular flexibility index (Phi) is 5.90. The Morgan fingerprint density at radius 2 is 1.88 bits per heavy atom. The summed E-state index contributed by atoms with van der Waals surface area (Å²) in [6.45, 7) is 0. The number of thioether (sulfide) groups is 1. The molecule has 5 rings (SSSR count). The third kappa shape index (κ3) is 3.91. The summed E-state index contributed by atoms with van der Waals surface area (Å²) >= 11 is 12.2. The second kappa shape index (κ2) is 8.69. The lowest BCUT2D eigenvalue weighted by Crippen LogP contribution is -2.31. The number of para-hydroxylation sites is 1. The van der Waals surface area contributed by atoms with Crippen LogP contribution in [-0.4, -0.2) is 15.6 Å². The second-order valence-corrected chi connectivity index (χ2v) is 10.9. The van der Waals surface area contributed by atoms with Crippen LogP contribution in [0, 0.1) is 21.8 Å². The molecule has 5 atom stereocenters. The summed E-state index contributed by atoms with van der Waals surface area (Å²) < 4.78 is 14.6. The fraction of sp³-hybridized carbons (Fsp3) is 0.250. The minimum absolute atomic E-state index is 0.00227. The first-order valence-electron chi connectivity index (χ1n) is 10.3. The molecule has 0 aromatic heterocycles. The van der Waals surface area contributed by atoms with E-state index >= 15 is 0 Å². The number of alkyl halides is 1. The van der Waals surface area contributed by atoms with Gasteiger partial charge in [-0.1, -0.05) is 40.2 Å². The zero-order valence-corrected chi connectivity index (χ0v) is 19.9. The highest BCUT2D eigenvalue weighted by atomic mass is 79.9. The van der Waals surface area contributed by atoms with Crippen LogP contribution in [0.25, 0.3) is 0 Å². The van der Waals surface area contributed by atoms with Crippen LogP contribution in [0.4, 0.5) is 15.8 Å². The minimum Gasteiger partial charge on any atom is -0.378 e. The number of nitro groups is 1. The number of anilines is 1. The van der Waals surface area contributed by atoms with Gasteiger partial charge in [-0.15, -0.1) is 23.4 Å². The normalized spacial score (nSPS) is 26.2. The van der Waals surface area contributed by atoms with Crippen LogP contribution in [0.5, 0.6) is 0 Å². The first-order chi connectivity index (χ1) is 15.4. The van der Waals surface area contributed by atoms with Gasteiger partial charge in [0.2, 0.25) is 0 Å². The van der Waals surface area contributed by atoms with Crippen LogP contribution >= 0.6 is 39.3 Å². The second-order valence-electron chi connectivity index (χ2n) is 8.16. The Labute approximate surface area is 202 Å². The molecule has 1 saturated carbocycles. The van der Waals surface area contributed by atoms with E-state index in [1.165, 1.54) is 30.0 Å². The van der Waals surface area contributed by atoms with E-state index < -0.39 is 0 Å². The molecule has 1 aliphatic carbocycles. The van der Waals surface area contributed by atoms with Crippen LogP contribution in [0.15, 0.2) is 76.1 Å². The molecule has 1 aliphatic heterocycles. The SMILES string of the molecule is O=[N+]([O-])c1ccccc1S[C@@H]1C[C@@H]2[C@H](c3cc(Br)ccc3N[C@H]2c2ccc(F)cc2)[C@@H]1Cl. The van der Waals surface area contributed by atoms with Crippen molar-refractivity contribution in [1.82, 2.24) is 0 Å². The van der Waals surface area contributed by atoms with Crippen molar-refractivity contribution >= 4 is 50.7 Å². The molecule has 0 amide bonds. The van der Waals surface area contributed by atoms with Gasteiger partial charge in [0.15, 0.2) is 0 Å². The predicted molar refractivity (Wildman–Crippen MR) is 130 cm³/mol. The van der Waals surface area contributed by atoms with Gasteiger partial charge in [-0.25, -0.2) is 4.39 Å².